The van der Waals surface area contributed by atoms with E-state index in [4.69, 9.17) is 10.5 Å². The summed E-state index contributed by atoms with van der Waals surface area (Å²) in [6, 6.07) is 5.69. The maximum absolute atomic E-state index is 9.35. The molecule has 0 spiro atoms. The summed E-state index contributed by atoms with van der Waals surface area (Å²) in [5.41, 5.74) is 8.34. The summed E-state index contributed by atoms with van der Waals surface area (Å²) in [7, 11) is 0. The first kappa shape index (κ1) is 12.4. The Morgan fingerprint density at radius 1 is 1.53 bits per heavy atom. The lowest BCUT2D eigenvalue weighted by atomic mass is 10.2. The van der Waals surface area contributed by atoms with Crippen molar-refractivity contribution >= 4 is 16.7 Å². The number of nitrogens with zero attached hydrogens (tertiary/aromatic N) is 2. The van der Waals surface area contributed by atoms with Crippen molar-refractivity contribution < 1.29 is 9.84 Å². The van der Waals surface area contributed by atoms with Crippen LogP contribution in [-0.2, 0) is 11.3 Å². The van der Waals surface area contributed by atoms with Crippen LogP contribution in [-0.4, -0.2) is 52.4 Å². The summed E-state index contributed by atoms with van der Waals surface area (Å²) < 4.78 is 5.37. The number of aliphatic hydroxyl groups excluding tert-OH is 1. The SMILES string of the molecule is Nc1ccc2nc(CN3CCOCC3CO)[nH]c2c1. The zero-order valence-corrected chi connectivity index (χ0v) is 10.7. The third-order valence-electron chi connectivity index (χ3n) is 3.47. The van der Waals surface area contributed by atoms with Gasteiger partial charge in [0.15, 0.2) is 0 Å². The average Bonchev–Trinajstić information content (AvgIpc) is 2.80. The Balaban J connectivity index is 1.80. The van der Waals surface area contributed by atoms with Crippen LogP contribution in [0.15, 0.2) is 18.2 Å². The highest BCUT2D eigenvalue weighted by atomic mass is 16.5. The second kappa shape index (κ2) is 5.16. The minimum absolute atomic E-state index is 0.0482. The smallest absolute Gasteiger partial charge is 0.121 e. The van der Waals surface area contributed by atoms with Gasteiger partial charge in [0.2, 0.25) is 0 Å². The van der Waals surface area contributed by atoms with Gasteiger partial charge in [-0.1, -0.05) is 0 Å². The van der Waals surface area contributed by atoms with Crippen LogP contribution in [0.5, 0.6) is 0 Å². The number of nitrogen functional groups attached to an aromatic ring is 1. The molecule has 1 saturated heterocycles. The predicted octanol–water partition coefficient (Wildman–Crippen LogP) is 0.338. The molecule has 1 aliphatic heterocycles. The molecule has 1 fully saturated rings. The van der Waals surface area contributed by atoms with E-state index in [2.05, 4.69) is 14.9 Å². The molecule has 3 rings (SSSR count). The van der Waals surface area contributed by atoms with Gasteiger partial charge in [-0.3, -0.25) is 4.90 Å². The Labute approximate surface area is 111 Å². The van der Waals surface area contributed by atoms with Gasteiger partial charge in [-0.2, -0.15) is 0 Å². The van der Waals surface area contributed by atoms with Gasteiger partial charge in [0.25, 0.3) is 0 Å². The lowest BCUT2D eigenvalue weighted by molar-refractivity contribution is -0.0321. The van der Waals surface area contributed by atoms with Gasteiger partial charge in [-0.15, -0.1) is 0 Å². The topological polar surface area (TPSA) is 87.4 Å². The molecule has 0 bridgehead atoms. The number of morpholine rings is 1. The molecule has 1 aromatic heterocycles. The third-order valence-corrected chi connectivity index (χ3v) is 3.47. The number of rotatable bonds is 3. The summed E-state index contributed by atoms with van der Waals surface area (Å²) >= 11 is 0. The number of ether oxygens (including phenoxy) is 1. The van der Waals surface area contributed by atoms with Crippen LogP contribution in [0.1, 0.15) is 5.82 Å². The van der Waals surface area contributed by atoms with Crippen LogP contribution in [0.4, 0.5) is 5.69 Å². The summed E-state index contributed by atoms with van der Waals surface area (Å²) in [5.74, 6) is 0.890. The maximum atomic E-state index is 9.35. The normalized spacial score (nSPS) is 21.0. The van der Waals surface area contributed by atoms with Gasteiger partial charge in [0.05, 0.1) is 43.4 Å². The van der Waals surface area contributed by atoms with Gasteiger partial charge >= 0.3 is 0 Å². The van der Waals surface area contributed by atoms with Crippen LogP contribution in [0, 0.1) is 0 Å². The summed E-state index contributed by atoms with van der Waals surface area (Å²) in [4.78, 5) is 10.00. The minimum Gasteiger partial charge on any atom is -0.399 e. The molecular formula is C13H18N4O2. The number of nitrogens with one attached hydrogen (secondary N) is 1. The van der Waals surface area contributed by atoms with Crippen molar-refractivity contribution in [1.29, 1.82) is 0 Å². The lowest BCUT2D eigenvalue weighted by Crippen LogP contribution is -2.47. The van der Waals surface area contributed by atoms with Crippen LogP contribution < -0.4 is 5.73 Å². The molecule has 102 valence electrons. The Hall–Kier alpha value is -1.63. The first-order chi connectivity index (χ1) is 9.26. The van der Waals surface area contributed by atoms with Gasteiger partial charge in [0, 0.05) is 12.2 Å². The Morgan fingerprint density at radius 2 is 2.42 bits per heavy atom. The van der Waals surface area contributed by atoms with Crippen molar-refractivity contribution in [3.63, 3.8) is 0 Å². The van der Waals surface area contributed by atoms with Crippen molar-refractivity contribution in [3.05, 3.63) is 24.0 Å². The van der Waals surface area contributed by atoms with E-state index in [1.165, 1.54) is 0 Å². The van der Waals surface area contributed by atoms with Crippen LogP contribution in [0.25, 0.3) is 11.0 Å². The molecule has 0 saturated carbocycles. The molecule has 19 heavy (non-hydrogen) atoms. The van der Waals surface area contributed by atoms with E-state index in [1.54, 1.807) is 0 Å². The Morgan fingerprint density at radius 3 is 3.26 bits per heavy atom. The molecule has 4 N–H and O–H groups in total. The molecule has 1 atom stereocenters. The fraction of sp³-hybridized carbons (Fsp3) is 0.462. The second-order valence-electron chi connectivity index (χ2n) is 4.84. The van der Waals surface area contributed by atoms with Crippen LogP contribution in [0.2, 0.25) is 0 Å². The van der Waals surface area contributed by atoms with Crippen LogP contribution in [0.3, 0.4) is 0 Å². The molecule has 1 unspecified atom stereocenters. The van der Waals surface area contributed by atoms with Crippen molar-refractivity contribution in [2.45, 2.75) is 12.6 Å². The molecule has 6 nitrogen and oxygen atoms in total. The number of benzene rings is 1. The van der Waals surface area contributed by atoms with Crippen molar-refractivity contribution in [2.24, 2.45) is 0 Å². The van der Waals surface area contributed by atoms with Gasteiger partial charge in [-0.05, 0) is 18.2 Å². The number of hydrogen-bond donors (Lipinski definition) is 3. The van der Waals surface area contributed by atoms with Crippen molar-refractivity contribution in [3.8, 4) is 0 Å². The second-order valence-corrected chi connectivity index (χ2v) is 4.84. The highest BCUT2D eigenvalue weighted by Gasteiger charge is 2.23. The van der Waals surface area contributed by atoms with E-state index in [1.807, 2.05) is 18.2 Å². The van der Waals surface area contributed by atoms with E-state index in [9.17, 15) is 5.11 Å². The highest BCUT2D eigenvalue weighted by molar-refractivity contribution is 5.78. The van der Waals surface area contributed by atoms with E-state index < -0.39 is 0 Å². The van der Waals surface area contributed by atoms with Crippen molar-refractivity contribution in [2.75, 3.05) is 32.1 Å². The average molecular weight is 262 g/mol. The number of hydrogen-bond acceptors (Lipinski definition) is 5. The highest BCUT2D eigenvalue weighted by Crippen LogP contribution is 2.17. The van der Waals surface area contributed by atoms with Crippen LogP contribution >= 0.6 is 0 Å². The molecule has 0 radical (unpaired) electrons. The van der Waals surface area contributed by atoms with Gasteiger partial charge in [0.1, 0.15) is 5.82 Å². The molecular weight excluding hydrogens is 244 g/mol. The van der Waals surface area contributed by atoms with E-state index in [-0.39, 0.29) is 12.6 Å². The summed E-state index contributed by atoms with van der Waals surface area (Å²) in [6.45, 7) is 2.87. The number of imidazole rings is 1. The monoisotopic (exact) mass is 262 g/mol. The molecule has 6 heteroatoms. The molecule has 2 heterocycles. The fourth-order valence-electron chi connectivity index (χ4n) is 2.41. The first-order valence-corrected chi connectivity index (χ1v) is 6.43. The molecule has 2 aromatic rings. The first-order valence-electron chi connectivity index (χ1n) is 6.43. The third kappa shape index (κ3) is 2.56. The van der Waals surface area contributed by atoms with Gasteiger partial charge < -0.3 is 20.6 Å². The molecule has 0 aliphatic carbocycles. The Kier molecular flexibility index (Phi) is 3.37. The zero-order chi connectivity index (χ0) is 13.2. The number of anilines is 1. The quantitative estimate of drug-likeness (QED) is 0.694. The number of H-pyrrole nitrogens is 1. The largest absolute Gasteiger partial charge is 0.399 e. The summed E-state index contributed by atoms with van der Waals surface area (Å²) in [5, 5.41) is 9.35. The maximum Gasteiger partial charge on any atom is 0.121 e. The molecule has 1 aliphatic rings. The van der Waals surface area contributed by atoms with Gasteiger partial charge in [-0.25, -0.2) is 4.98 Å². The number of aromatic nitrogens is 2. The van der Waals surface area contributed by atoms with E-state index in [0.29, 0.717) is 19.8 Å². The molecule has 1 aromatic carbocycles. The van der Waals surface area contributed by atoms with E-state index >= 15 is 0 Å². The fourth-order valence-corrected chi connectivity index (χ4v) is 2.41. The standard InChI is InChI=1S/C13H18N4O2/c14-9-1-2-11-12(5-9)16-13(15-11)6-17-3-4-19-8-10(17)7-18/h1-2,5,10,18H,3-4,6-8,14H2,(H,15,16). The predicted molar refractivity (Wildman–Crippen MR) is 72.6 cm³/mol. The van der Waals surface area contributed by atoms with Crippen molar-refractivity contribution in [1.82, 2.24) is 14.9 Å². The zero-order valence-electron chi connectivity index (χ0n) is 10.7. The number of nitrogens with two attached hydrogens (primary N) is 1. The molecule has 0 amide bonds. The van der Waals surface area contributed by atoms with E-state index in [0.717, 1.165) is 29.1 Å². The number of aliphatic hydroxyl groups is 1. The Bertz CT molecular complexity index is 569. The minimum atomic E-state index is 0.0482. The lowest BCUT2D eigenvalue weighted by Gasteiger charge is -2.33. The number of fused-ring (bicyclic) bond motifs is 1. The summed E-state index contributed by atoms with van der Waals surface area (Å²) in [6.07, 6.45) is 0. The number of aromatic amines is 1.